The Hall–Kier alpha value is -3.44. The van der Waals surface area contributed by atoms with Crippen LogP contribution in [0.5, 0.6) is 11.5 Å². The molecule has 1 amide bonds. The number of azo groups is 1. The zero-order chi connectivity index (χ0) is 25.6. The van der Waals surface area contributed by atoms with E-state index in [-0.39, 0.29) is 12.2 Å². The monoisotopic (exact) mass is 526 g/mol. The maximum atomic E-state index is 13.4. The van der Waals surface area contributed by atoms with Crippen LogP contribution in [0.1, 0.15) is 16.7 Å². The van der Waals surface area contributed by atoms with Gasteiger partial charge in [-0.3, -0.25) is 4.79 Å². The molecule has 184 valence electrons. The molecular formula is C23H18ClF3N2O5S. The second kappa shape index (κ2) is 10.9. The minimum atomic E-state index is -4.85. The van der Waals surface area contributed by atoms with Crippen molar-refractivity contribution in [3.8, 4) is 11.5 Å². The number of ether oxygens (including phenoxy) is 1. The minimum absolute atomic E-state index is 0.0513. The molecule has 0 fully saturated rings. The molecule has 0 N–H and O–H groups in total. The van der Waals surface area contributed by atoms with Crippen molar-refractivity contribution in [3.05, 3.63) is 88.4 Å². The van der Waals surface area contributed by atoms with Crippen LogP contribution in [0.3, 0.4) is 0 Å². The van der Waals surface area contributed by atoms with Crippen molar-refractivity contribution in [2.75, 3.05) is 7.11 Å². The van der Waals surface area contributed by atoms with Gasteiger partial charge >= 0.3 is 16.3 Å². The number of hydrogen-bond acceptors (Lipinski definition) is 6. The van der Waals surface area contributed by atoms with Gasteiger partial charge in [-0.1, -0.05) is 41.9 Å². The zero-order valence-electron chi connectivity index (χ0n) is 18.1. The predicted molar refractivity (Wildman–Crippen MR) is 121 cm³/mol. The van der Waals surface area contributed by atoms with Crippen molar-refractivity contribution >= 4 is 27.6 Å². The van der Waals surface area contributed by atoms with Crippen LogP contribution in [0.2, 0.25) is 5.02 Å². The number of methoxy groups -OCH3 is 1. The number of nitrogens with zero attached hydrogens (tertiary/aromatic N) is 2. The number of rotatable bonds is 8. The molecule has 0 spiro atoms. The van der Waals surface area contributed by atoms with Gasteiger partial charge in [0.15, 0.2) is 0 Å². The van der Waals surface area contributed by atoms with Gasteiger partial charge in [-0.2, -0.15) is 26.7 Å². The van der Waals surface area contributed by atoms with Gasteiger partial charge in [-0.15, -0.1) is 5.11 Å². The number of amides is 1. The standard InChI is InChI=1S/C23H18ClF3N2O5S/c1-33-17-9-5-6-15(12-17)13-21(30)29-28-14-18-20(11-10-19(22(18)24)23(25,26)27)35(31,32)34-16-7-3-2-4-8-16/h2-12H,13-14H2,1H3. The smallest absolute Gasteiger partial charge is 0.417 e. The topological polar surface area (TPSA) is 94.4 Å². The fourth-order valence-corrected chi connectivity index (χ4v) is 4.57. The Labute approximate surface area is 204 Å². The summed E-state index contributed by atoms with van der Waals surface area (Å²) in [6, 6.07) is 15.3. The van der Waals surface area contributed by atoms with Gasteiger partial charge in [0.25, 0.3) is 5.91 Å². The summed E-state index contributed by atoms with van der Waals surface area (Å²) in [5.41, 5.74) is -1.19. The Bertz CT molecular complexity index is 1350. The number of carbonyl (C=O) groups is 1. The van der Waals surface area contributed by atoms with E-state index in [0.717, 1.165) is 6.07 Å². The van der Waals surface area contributed by atoms with Crippen LogP contribution in [0.4, 0.5) is 13.2 Å². The first-order valence-electron chi connectivity index (χ1n) is 9.92. The van der Waals surface area contributed by atoms with Crippen LogP contribution in [0, 0.1) is 0 Å². The summed E-state index contributed by atoms with van der Waals surface area (Å²) in [5.74, 6) is -0.230. The second-order valence-corrected chi connectivity index (χ2v) is 8.97. The summed E-state index contributed by atoms with van der Waals surface area (Å²) in [5, 5.41) is 6.22. The van der Waals surface area contributed by atoms with E-state index in [1.165, 1.54) is 31.4 Å². The van der Waals surface area contributed by atoms with Crippen LogP contribution < -0.4 is 8.92 Å². The van der Waals surface area contributed by atoms with Gasteiger partial charge < -0.3 is 8.92 Å². The fourth-order valence-electron chi connectivity index (χ4n) is 3.03. The third-order valence-electron chi connectivity index (χ3n) is 4.62. The number of hydrogen-bond donors (Lipinski definition) is 0. The molecule has 0 atom stereocenters. The molecule has 3 aromatic rings. The lowest BCUT2D eigenvalue weighted by molar-refractivity contribution is -0.137. The maximum Gasteiger partial charge on any atom is 0.417 e. The number of alkyl halides is 3. The van der Waals surface area contributed by atoms with Crippen LogP contribution in [0.15, 0.2) is 81.9 Å². The number of halogens is 4. The van der Waals surface area contributed by atoms with E-state index >= 15 is 0 Å². The molecule has 0 unspecified atom stereocenters. The third kappa shape index (κ3) is 6.80. The van der Waals surface area contributed by atoms with Crippen molar-refractivity contribution < 1.29 is 35.3 Å². The van der Waals surface area contributed by atoms with Crippen molar-refractivity contribution in [3.63, 3.8) is 0 Å². The van der Waals surface area contributed by atoms with Crippen molar-refractivity contribution in [1.82, 2.24) is 0 Å². The highest BCUT2D eigenvalue weighted by Crippen LogP contribution is 2.39. The summed E-state index contributed by atoms with van der Waals surface area (Å²) in [6.45, 7) is -0.709. The number of para-hydroxylation sites is 1. The highest BCUT2D eigenvalue weighted by Gasteiger charge is 2.36. The summed E-state index contributed by atoms with van der Waals surface area (Å²) < 4.78 is 75.9. The SMILES string of the molecule is COc1cccc(CC(=O)N=NCc2c(S(=O)(=O)Oc3ccccc3)ccc(C(F)(F)F)c2Cl)c1. The molecule has 7 nitrogen and oxygen atoms in total. The third-order valence-corrected chi connectivity index (χ3v) is 6.39. The first-order chi connectivity index (χ1) is 16.5. The van der Waals surface area contributed by atoms with Gasteiger partial charge in [0, 0.05) is 5.56 Å². The van der Waals surface area contributed by atoms with Crippen molar-refractivity contribution in [2.45, 2.75) is 24.0 Å². The van der Waals surface area contributed by atoms with Crippen LogP contribution in [0.25, 0.3) is 0 Å². The normalized spacial score (nSPS) is 12.0. The van der Waals surface area contributed by atoms with Crippen LogP contribution >= 0.6 is 11.6 Å². The maximum absolute atomic E-state index is 13.4. The van der Waals surface area contributed by atoms with E-state index in [4.69, 9.17) is 20.5 Å². The first kappa shape index (κ1) is 26.2. The molecule has 0 aliphatic rings. The minimum Gasteiger partial charge on any atom is -0.497 e. The highest BCUT2D eigenvalue weighted by atomic mass is 35.5. The largest absolute Gasteiger partial charge is 0.497 e. The molecule has 0 aliphatic heterocycles. The van der Waals surface area contributed by atoms with Gasteiger partial charge in [0.05, 0.1) is 30.7 Å². The Balaban J connectivity index is 1.90. The van der Waals surface area contributed by atoms with Gasteiger partial charge in [0.2, 0.25) is 0 Å². The fraction of sp³-hybridized carbons (Fsp3) is 0.174. The Morgan fingerprint density at radius 3 is 2.34 bits per heavy atom. The summed E-state index contributed by atoms with van der Waals surface area (Å²) in [6.07, 6.45) is -5.01. The predicted octanol–water partition coefficient (Wildman–Crippen LogP) is 5.86. The zero-order valence-corrected chi connectivity index (χ0v) is 19.7. The van der Waals surface area contributed by atoms with E-state index in [0.29, 0.717) is 17.4 Å². The molecular weight excluding hydrogens is 509 g/mol. The number of benzene rings is 3. The van der Waals surface area contributed by atoms with E-state index in [1.807, 2.05) is 0 Å². The molecule has 0 radical (unpaired) electrons. The Morgan fingerprint density at radius 1 is 1.00 bits per heavy atom. The lowest BCUT2D eigenvalue weighted by Crippen LogP contribution is -2.15. The summed E-state index contributed by atoms with van der Waals surface area (Å²) in [7, 11) is -3.12. The Morgan fingerprint density at radius 2 is 1.69 bits per heavy atom. The average Bonchev–Trinajstić information content (AvgIpc) is 2.79. The quantitative estimate of drug-likeness (QED) is 0.271. The van der Waals surface area contributed by atoms with E-state index in [2.05, 4.69) is 10.2 Å². The summed E-state index contributed by atoms with van der Waals surface area (Å²) in [4.78, 5) is 11.6. The van der Waals surface area contributed by atoms with Crippen molar-refractivity contribution in [1.29, 1.82) is 0 Å². The first-order valence-corrected chi connectivity index (χ1v) is 11.7. The summed E-state index contributed by atoms with van der Waals surface area (Å²) >= 11 is 5.95. The lowest BCUT2D eigenvalue weighted by Gasteiger charge is -2.15. The molecule has 0 aromatic heterocycles. The van der Waals surface area contributed by atoms with Gasteiger partial charge in [0.1, 0.15) is 16.4 Å². The highest BCUT2D eigenvalue weighted by molar-refractivity contribution is 7.87. The number of carbonyl (C=O) groups excluding carboxylic acids is 1. The molecule has 0 aliphatic carbocycles. The van der Waals surface area contributed by atoms with E-state index in [9.17, 15) is 26.4 Å². The van der Waals surface area contributed by atoms with Crippen molar-refractivity contribution in [2.24, 2.45) is 10.2 Å². The molecule has 35 heavy (non-hydrogen) atoms. The molecule has 0 heterocycles. The molecule has 12 heteroatoms. The van der Waals surface area contributed by atoms with Crippen LogP contribution in [-0.4, -0.2) is 21.4 Å². The molecule has 0 saturated carbocycles. The molecule has 3 aromatic carbocycles. The van der Waals surface area contributed by atoms with Gasteiger partial charge in [-0.25, -0.2) is 0 Å². The molecule has 0 saturated heterocycles. The van der Waals surface area contributed by atoms with Crippen LogP contribution in [-0.2, 0) is 34.1 Å². The second-order valence-electron chi connectivity index (χ2n) is 7.07. The van der Waals surface area contributed by atoms with E-state index < -0.39 is 49.8 Å². The lowest BCUT2D eigenvalue weighted by atomic mass is 10.1. The molecule has 3 rings (SSSR count). The average molecular weight is 527 g/mol. The Kier molecular flexibility index (Phi) is 8.13. The van der Waals surface area contributed by atoms with E-state index in [1.54, 1.807) is 30.3 Å². The van der Waals surface area contributed by atoms with Gasteiger partial charge in [-0.05, 0) is 42.0 Å². The molecule has 0 bridgehead atoms.